The molecule has 0 bridgehead atoms. The van der Waals surface area contributed by atoms with Gasteiger partial charge in [0.05, 0.1) is 5.41 Å². The van der Waals surface area contributed by atoms with Crippen LogP contribution in [-0.2, 0) is 4.79 Å². The van der Waals surface area contributed by atoms with E-state index in [0.717, 1.165) is 32.4 Å². The minimum atomic E-state index is -0.574. The van der Waals surface area contributed by atoms with Crippen molar-refractivity contribution < 1.29 is 9.90 Å². The lowest BCUT2D eigenvalue weighted by Gasteiger charge is -2.27. The highest BCUT2D eigenvalue weighted by molar-refractivity contribution is 5.75. The molecule has 0 aromatic rings. The van der Waals surface area contributed by atoms with E-state index in [1.54, 1.807) is 0 Å². The van der Waals surface area contributed by atoms with Gasteiger partial charge in [-0.3, -0.25) is 9.69 Å². The minimum Gasteiger partial charge on any atom is -0.481 e. The van der Waals surface area contributed by atoms with E-state index in [1.165, 1.54) is 25.7 Å². The van der Waals surface area contributed by atoms with Crippen molar-refractivity contribution in [3.05, 3.63) is 0 Å². The quantitative estimate of drug-likeness (QED) is 0.799. The lowest BCUT2D eigenvalue weighted by molar-refractivity contribution is -0.148. The van der Waals surface area contributed by atoms with Gasteiger partial charge in [-0.25, -0.2) is 0 Å². The van der Waals surface area contributed by atoms with Gasteiger partial charge in [-0.2, -0.15) is 0 Å². The van der Waals surface area contributed by atoms with Gasteiger partial charge >= 0.3 is 5.97 Å². The molecule has 2 fully saturated rings. The Kier molecular flexibility index (Phi) is 3.53. The molecule has 3 nitrogen and oxygen atoms in total. The molecule has 0 aromatic carbocycles. The number of nitrogens with zero attached hydrogens (tertiary/aromatic N) is 1. The van der Waals surface area contributed by atoms with Crippen molar-refractivity contribution in [3.8, 4) is 0 Å². The van der Waals surface area contributed by atoms with Crippen molar-refractivity contribution in [3.63, 3.8) is 0 Å². The molecule has 1 unspecified atom stereocenters. The molecule has 0 spiro atoms. The van der Waals surface area contributed by atoms with Crippen molar-refractivity contribution in [2.24, 2.45) is 5.41 Å². The number of carbonyl (C=O) groups is 1. The van der Waals surface area contributed by atoms with E-state index in [4.69, 9.17) is 0 Å². The zero-order chi connectivity index (χ0) is 11.6. The summed E-state index contributed by atoms with van der Waals surface area (Å²) in [6.45, 7) is 3.88. The van der Waals surface area contributed by atoms with Crippen molar-refractivity contribution in [2.75, 3.05) is 13.1 Å². The molecule has 3 heteroatoms. The summed E-state index contributed by atoms with van der Waals surface area (Å²) < 4.78 is 0. The molecule has 92 valence electrons. The second-order valence-electron chi connectivity index (χ2n) is 5.49. The summed E-state index contributed by atoms with van der Waals surface area (Å²) >= 11 is 0. The molecule has 1 aliphatic heterocycles. The van der Waals surface area contributed by atoms with Gasteiger partial charge in [-0.1, -0.05) is 26.2 Å². The third-order valence-corrected chi connectivity index (χ3v) is 4.41. The average molecular weight is 225 g/mol. The average Bonchev–Trinajstić information content (AvgIpc) is 2.84. The van der Waals surface area contributed by atoms with Gasteiger partial charge in [0.1, 0.15) is 0 Å². The second-order valence-corrected chi connectivity index (χ2v) is 5.49. The highest BCUT2D eigenvalue weighted by atomic mass is 16.4. The third-order valence-electron chi connectivity index (χ3n) is 4.41. The fourth-order valence-corrected chi connectivity index (χ4v) is 3.45. The molecule has 2 aliphatic rings. The summed E-state index contributed by atoms with van der Waals surface area (Å²) in [6.07, 6.45) is 7.89. The largest absolute Gasteiger partial charge is 0.481 e. The number of rotatable bonds is 4. The Morgan fingerprint density at radius 3 is 2.69 bits per heavy atom. The van der Waals surface area contributed by atoms with Gasteiger partial charge < -0.3 is 5.11 Å². The predicted octanol–water partition coefficient (Wildman–Crippen LogP) is 2.51. The summed E-state index contributed by atoms with van der Waals surface area (Å²) in [5.74, 6) is -0.574. The zero-order valence-electron chi connectivity index (χ0n) is 10.2. The van der Waals surface area contributed by atoms with Crippen LogP contribution in [0, 0.1) is 5.41 Å². The minimum absolute atomic E-state index is 0.433. The molecule has 1 saturated heterocycles. The maximum Gasteiger partial charge on any atom is 0.310 e. The van der Waals surface area contributed by atoms with Gasteiger partial charge in [0.25, 0.3) is 0 Å². The summed E-state index contributed by atoms with van der Waals surface area (Å²) in [7, 11) is 0. The topological polar surface area (TPSA) is 40.5 Å². The highest BCUT2D eigenvalue weighted by Crippen LogP contribution is 2.38. The molecule has 1 heterocycles. The van der Waals surface area contributed by atoms with Crippen molar-refractivity contribution >= 4 is 5.97 Å². The predicted molar refractivity (Wildman–Crippen MR) is 63.4 cm³/mol. The second kappa shape index (κ2) is 4.74. The van der Waals surface area contributed by atoms with E-state index >= 15 is 0 Å². The first kappa shape index (κ1) is 11.9. The Balaban J connectivity index is 2.00. The Morgan fingerprint density at radius 1 is 1.44 bits per heavy atom. The standard InChI is InChI=1S/C13H23NO2/c1-2-7-13(12(15)16)8-9-14(10-13)11-5-3-4-6-11/h11H,2-10H2,1H3,(H,15,16). The monoisotopic (exact) mass is 225 g/mol. The molecule has 0 amide bonds. The summed E-state index contributed by atoms with van der Waals surface area (Å²) in [5, 5.41) is 9.43. The van der Waals surface area contributed by atoms with Crippen LogP contribution < -0.4 is 0 Å². The Bertz CT molecular complexity index is 261. The van der Waals surface area contributed by atoms with E-state index < -0.39 is 11.4 Å². The van der Waals surface area contributed by atoms with Crippen LogP contribution in [0.15, 0.2) is 0 Å². The lowest BCUT2D eigenvalue weighted by Crippen LogP contribution is -2.37. The maximum absolute atomic E-state index is 11.4. The van der Waals surface area contributed by atoms with E-state index in [9.17, 15) is 9.90 Å². The SMILES string of the molecule is CCCC1(C(=O)O)CCN(C2CCCC2)C1. The summed E-state index contributed by atoms with van der Waals surface area (Å²) in [5.41, 5.74) is -0.433. The number of aliphatic carboxylic acids is 1. The summed E-state index contributed by atoms with van der Waals surface area (Å²) in [6, 6.07) is 0.679. The Morgan fingerprint density at radius 2 is 2.12 bits per heavy atom. The first-order valence-electron chi connectivity index (χ1n) is 6.65. The molecular weight excluding hydrogens is 202 g/mol. The third kappa shape index (κ3) is 2.10. The molecule has 1 aliphatic carbocycles. The van der Waals surface area contributed by atoms with Crippen molar-refractivity contribution in [1.82, 2.24) is 4.90 Å². The Labute approximate surface area is 97.8 Å². The normalized spacial score (nSPS) is 32.3. The van der Waals surface area contributed by atoms with E-state index in [2.05, 4.69) is 11.8 Å². The van der Waals surface area contributed by atoms with Gasteiger partial charge in [0, 0.05) is 12.6 Å². The maximum atomic E-state index is 11.4. The van der Waals surface area contributed by atoms with Crippen LogP contribution in [0.25, 0.3) is 0 Å². The Hall–Kier alpha value is -0.570. The van der Waals surface area contributed by atoms with Crippen LogP contribution >= 0.6 is 0 Å². The number of carboxylic acids is 1. The first-order chi connectivity index (χ1) is 7.68. The molecule has 1 saturated carbocycles. The molecule has 16 heavy (non-hydrogen) atoms. The van der Waals surface area contributed by atoms with E-state index in [0.29, 0.717) is 6.04 Å². The van der Waals surface area contributed by atoms with E-state index in [1.807, 2.05) is 0 Å². The van der Waals surface area contributed by atoms with Crippen LogP contribution in [-0.4, -0.2) is 35.1 Å². The molecule has 1 atom stereocenters. The van der Waals surface area contributed by atoms with Crippen molar-refractivity contribution in [2.45, 2.75) is 57.9 Å². The van der Waals surface area contributed by atoms with Gasteiger partial charge in [0.15, 0.2) is 0 Å². The lowest BCUT2D eigenvalue weighted by atomic mass is 9.83. The molecule has 2 rings (SSSR count). The van der Waals surface area contributed by atoms with Crippen LogP contribution in [0.3, 0.4) is 0 Å². The van der Waals surface area contributed by atoms with Gasteiger partial charge in [-0.05, 0) is 32.2 Å². The zero-order valence-corrected chi connectivity index (χ0v) is 10.2. The smallest absolute Gasteiger partial charge is 0.310 e. The van der Waals surface area contributed by atoms with Crippen LogP contribution in [0.2, 0.25) is 0 Å². The molecule has 1 N–H and O–H groups in total. The van der Waals surface area contributed by atoms with Crippen LogP contribution in [0.4, 0.5) is 0 Å². The highest BCUT2D eigenvalue weighted by Gasteiger charge is 2.45. The van der Waals surface area contributed by atoms with Gasteiger partial charge in [-0.15, -0.1) is 0 Å². The number of carboxylic acid groups (broad SMARTS) is 1. The molecule has 0 aromatic heterocycles. The van der Waals surface area contributed by atoms with Crippen LogP contribution in [0.5, 0.6) is 0 Å². The number of likely N-dealkylation sites (tertiary alicyclic amines) is 1. The molecule has 0 radical (unpaired) electrons. The summed E-state index contributed by atoms with van der Waals surface area (Å²) in [4.78, 5) is 13.9. The fraction of sp³-hybridized carbons (Fsp3) is 0.923. The molecular formula is C13H23NO2. The number of hydrogen-bond donors (Lipinski definition) is 1. The fourth-order valence-electron chi connectivity index (χ4n) is 3.45. The van der Waals surface area contributed by atoms with Crippen LogP contribution in [0.1, 0.15) is 51.9 Å². The van der Waals surface area contributed by atoms with Crippen molar-refractivity contribution in [1.29, 1.82) is 0 Å². The number of hydrogen-bond acceptors (Lipinski definition) is 2. The van der Waals surface area contributed by atoms with E-state index in [-0.39, 0.29) is 0 Å². The first-order valence-corrected chi connectivity index (χ1v) is 6.65. The van der Waals surface area contributed by atoms with Gasteiger partial charge in [0.2, 0.25) is 0 Å².